The summed E-state index contributed by atoms with van der Waals surface area (Å²) in [5, 5.41) is 7.17. The predicted molar refractivity (Wildman–Crippen MR) is 103 cm³/mol. The number of sulfonamides is 1. The Morgan fingerprint density at radius 2 is 1.85 bits per heavy atom. The van der Waals surface area contributed by atoms with Crippen molar-refractivity contribution < 1.29 is 13.2 Å². The SMILES string of the molecule is Cn1cc(C(=O)NCc2ccccc2Cl)c(S(=O)(=O)N2CCCCCC2)n1. The van der Waals surface area contributed by atoms with Gasteiger partial charge in [0.1, 0.15) is 0 Å². The van der Waals surface area contributed by atoms with E-state index in [1.807, 2.05) is 6.07 Å². The van der Waals surface area contributed by atoms with Crippen LogP contribution in [0, 0.1) is 0 Å². The molecule has 1 amide bonds. The number of carbonyl (C=O) groups excluding carboxylic acids is 1. The van der Waals surface area contributed by atoms with Gasteiger partial charge >= 0.3 is 0 Å². The van der Waals surface area contributed by atoms with Gasteiger partial charge in [-0.25, -0.2) is 8.42 Å². The molecule has 1 aliphatic rings. The van der Waals surface area contributed by atoms with E-state index in [1.165, 1.54) is 15.2 Å². The second-order valence-electron chi connectivity index (χ2n) is 6.61. The van der Waals surface area contributed by atoms with Crippen LogP contribution in [-0.2, 0) is 23.6 Å². The van der Waals surface area contributed by atoms with Crippen LogP contribution in [0.15, 0.2) is 35.5 Å². The molecule has 1 saturated heterocycles. The number of aromatic nitrogens is 2. The smallest absolute Gasteiger partial charge is 0.263 e. The van der Waals surface area contributed by atoms with Crippen molar-refractivity contribution in [2.75, 3.05) is 13.1 Å². The Morgan fingerprint density at radius 3 is 2.52 bits per heavy atom. The summed E-state index contributed by atoms with van der Waals surface area (Å²) < 4.78 is 28.9. The molecule has 0 radical (unpaired) electrons. The maximum Gasteiger partial charge on any atom is 0.263 e. The molecule has 27 heavy (non-hydrogen) atoms. The van der Waals surface area contributed by atoms with Crippen LogP contribution in [0.3, 0.4) is 0 Å². The second-order valence-corrected chi connectivity index (χ2v) is 8.87. The summed E-state index contributed by atoms with van der Waals surface area (Å²) >= 11 is 6.11. The Kier molecular flexibility index (Phi) is 6.18. The third-order valence-corrected chi connectivity index (χ3v) is 6.79. The molecule has 1 N–H and O–H groups in total. The van der Waals surface area contributed by atoms with Crippen molar-refractivity contribution in [3.05, 3.63) is 46.6 Å². The quantitative estimate of drug-likeness (QED) is 0.820. The number of halogens is 1. The fourth-order valence-electron chi connectivity index (χ4n) is 3.13. The van der Waals surface area contributed by atoms with Crippen molar-refractivity contribution in [1.82, 2.24) is 19.4 Å². The van der Waals surface area contributed by atoms with Crippen LogP contribution in [0.4, 0.5) is 0 Å². The highest BCUT2D eigenvalue weighted by Crippen LogP contribution is 2.22. The summed E-state index contributed by atoms with van der Waals surface area (Å²) in [5.41, 5.74) is 0.808. The molecule has 2 aromatic rings. The third-order valence-electron chi connectivity index (χ3n) is 4.59. The van der Waals surface area contributed by atoms with Gasteiger partial charge in [-0.1, -0.05) is 42.6 Å². The summed E-state index contributed by atoms with van der Waals surface area (Å²) in [4.78, 5) is 12.7. The average Bonchev–Trinajstić information content (AvgIpc) is 2.85. The molecule has 1 aliphatic heterocycles. The van der Waals surface area contributed by atoms with E-state index in [9.17, 15) is 13.2 Å². The predicted octanol–water partition coefficient (Wildman–Crippen LogP) is 2.57. The van der Waals surface area contributed by atoms with Gasteiger partial charge in [-0.3, -0.25) is 9.48 Å². The number of carbonyl (C=O) groups is 1. The Hall–Kier alpha value is -1.90. The van der Waals surface area contributed by atoms with Crippen molar-refractivity contribution in [2.45, 2.75) is 37.3 Å². The minimum absolute atomic E-state index is 0.0498. The van der Waals surface area contributed by atoms with Crippen molar-refractivity contribution in [3.63, 3.8) is 0 Å². The van der Waals surface area contributed by atoms with Crippen LogP contribution in [0.2, 0.25) is 5.02 Å². The van der Waals surface area contributed by atoms with Gasteiger partial charge in [-0.2, -0.15) is 9.40 Å². The number of benzene rings is 1. The van der Waals surface area contributed by atoms with E-state index in [2.05, 4.69) is 10.4 Å². The molecule has 146 valence electrons. The van der Waals surface area contributed by atoms with Gasteiger partial charge in [0.05, 0.1) is 5.56 Å². The number of hydrogen-bond donors (Lipinski definition) is 1. The third kappa shape index (κ3) is 4.51. The van der Waals surface area contributed by atoms with E-state index in [0.29, 0.717) is 18.1 Å². The first-order chi connectivity index (χ1) is 12.9. The van der Waals surface area contributed by atoms with E-state index in [0.717, 1.165) is 31.2 Å². The molecule has 9 heteroatoms. The van der Waals surface area contributed by atoms with E-state index in [-0.39, 0.29) is 17.1 Å². The topological polar surface area (TPSA) is 84.3 Å². The van der Waals surface area contributed by atoms with Crippen LogP contribution in [0.1, 0.15) is 41.6 Å². The standard InChI is InChI=1S/C18H23ClN4O3S/c1-22-13-15(17(24)20-12-14-8-4-5-9-16(14)19)18(21-22)27(25,26)23-10-6-2-3-7-11-23/h4-5,8-9,13H,2-3,6-7,10-12H2,1H3,(H,20,24). The fourth-order valence-corrected chi connectivity index (χ4v) is 4.97. The lowest BCUT2D eigenvalue weighted by atomic mass is 10.2. The zero-order valence-electron chi connectivity index (χ0n) is 15.2. The molecule has 2 heterocycles. The molecule has 1 fully saturated rings. The zero-order chi connectivity index (χ0) is 19.4. The number of aryl methyl sites for hydroxylation is 1. The van der Waals surface area contributed by atoms with Crippen LogP contribution in [0.5, 0.6) is 0 Å². The van der Waals surface area contributed by atoms with Gasteiger partial charge in [-0.05, 0) is 24.5 Å². The molecule has 0 bridgehead atoms. The van der Waals surface area contributed by atoms with Crippen LogP contribution in [0.25, 0.3) is 0 Å². The molecule has 0 aliphatic carbocycles. The molecule has 7 nitrogen and oxygen atoms in total. The molecule has 3 rings (SSSR count). The lowest BCUT2D eigenvalue weighted by molar-refractivity contribution is 0.0947. The van der Waals surface area contributed by atoms with Gasteiger partial charge in [0.2, 0.25) is 5.03 Å². The highest BCUT2D eigenvalue weighted by atomic mass is 35.5. The molecular weight excluding hydrogens is 388 g/mol. The van der Waals surface area contributed by atoms with Gasteiger partial charge < -0.3 is 5.32 Å². The van der Waals surface area contributed by atoms with Gasteiger partial charge in [0.15, 0.2) is 0 Å². The average molecular weight is 411 g/mol. The molecule has 0 spiro atoms. The highest BCUT2D eigenvalue weighted by molar-refractivity contribution is 7.89. The lowest BCUT2D eigenvalue weighted by Crippen LogP contribution is -2.34. The first kappa shape index (κ1) is 19.9. The van der Waals surface area contributed by atoms with Crippen molar-refractivity contribution in [3.8, 4) is 0 Å². The van der Waals surface area contributed by atoms with E-state index >= 15 is 0 Å². The maximum atomic E-state index is 13.1. The number of nitrogens with zero attached hydrogens (tertiary/aromatic N) is 3. The van der Waals surface area contributed by atoms with Gasteiger partial charge in [0.25, 0.3) is 15.9 Å². The highest BCUT2D eigenvalue weighted by Gasteiger charge is 2.32. The number of nitrogens with one attached hydrogen (secondary N) is 1. The molecule has 1 aromatic carbocycles. The lowest BCUT2D eigenvalue weighted by Gasteiger charge is -2.19. The fraction of sp³-hybridized carbons (Fsp3) is 0.444. The number of amides is 1. The first-order valence-electron chi connectivity index (χ1n) is 8.95. The maximum absolute atomic E-state index is 13.1. The normalized spacial score (nSPS) is 16.1. The van der Waals surface area contributed by atoms with Gasteiger partial charge in [0, 0.05) is 37.9 Å². The van der Waals surface area contributed by atoms with E-state index in [1.54, 1.807) is 25.2 Å². The Morgan fingerprint density at radius 1 is 1.19 bits per heavy atom. The van der Waals surface area contributed by atoms with Crippen LogP contribution < -0.4 is 5.32 Å². The summed E-state index contributed by atoms with van der Waals surface area (Å²) in [5.74, 6) is -0.489. The summed E-state index contributed by atoms with van der Waals surface area (Å²) in [6.45, 7) is 1.12. The Labute approximate surface area is 164 Å². The summed E-state index contributed by atoms with van der Waals surface area (Å²) in [7, 11) is -2.21. The van der Waals surface area contributed by atoms with E-state index in [4.69, 9.17) is 11.6 Å². The van der Waals surface area contributed by atoms with Crippen LogP contribution in [-0.4, -0.2) is 41.5 Å². The monoisotopic (exact) mass is 410 g/mol. The van der Waals surface area contributed by atoms with E-state index < -0.39 is 15.9 Å². The van der Waals surface area contributed by atoms with Crippen molar-refractivity contribution in [2.24, 2.45) is 7.05 Å². The van der Waals surface area contributed by atoms with Crippen LogP contribution >= 0.6 is 11.6 Å². The van der Waals surface area contributed by atoms with Crippen molar-refractivity contribution >= 4 is 27.5 Å². The largest absolute Gasteiger partial charge is 0.348 e. The Balaban J connectivity index is 1.82. The second kappa shape index (κ2) is 8.41. The molecule has 1 aromatic heterocycles. The number of hydrogen-bond acceptors (Lipinski definition) is 4. The first-order valence-corrected chi connectivity index (χ1v) is 10.8. The van der Waals surface area contributed by atoms with Gasteiger partial charge in [-0.15, -0.1) is 0 Å². The Bertz CT molecular complexity index is 918. The molecule has 0 atom stereocenters. The minimum atomic E-state index is -3.82. The zero-order valence-corrected chi connectivity index (χ0v) is 16.8. The molecular formula is C18H23ClN4O3S. The molecule has 0 unspecified atom stereocenters. The summed E-state index contributed by atoms with van der Waals surface area (Å²) in [6.07, 6.45) is 5.10. The molecule has 0 saturated carbocycles. The summed E-state index contributed by atoms with van der Waals surface area (Å²) in [6, 6.07) is 7.18. The van der Waals surface area contributed by atoms with Crippen molar-refractivity contribution in [1.29, 1.82) is 0 Å². The minimum Gasteiger partial charge on any atom is -0.348 e. The number of rotatable bonds is 5.